The molecule has 1 atom stereocenters. The predicted octanol–water partition coefficient (Wildman–Crippen LogP) is 3.05. The molecule has 0 aliphatic carbocycles. The van der Waals surface area contributed by atoms with Gasteiger partial charge in [-0.2, -0.15) is 0 Å². The highest BCUT2D eigenvalue weighted by molar-refractivity contribution is 5.91. The van der Waals surface area contributed by atoms with Crippen molar-refractivity contribution >= 4 is 23.0 Å². The molecule has 3 aromatic rings. The largest absolute Gasteiger partial charge is 0.465 e. The van der Waals surface area contributed by atoms with Gasteiger partial charge in [0.15, 0.2) is 0 Å². The number of fused-ring (bicyclic) bond motifs is 1. The van der Waals surface area contributed by atoms with Crippen LogP contribution in [-0.4, -0.2) is 15.9 Å². The molecule has 1 amide bonds. The Kier molecular flexibility index (Phi) is 3.55. The Morgan fingerprint density at radius 3 is 2.95 bits per heavy atom. The Balaban J connectivity index is 1.67. The summed E-state index contributed by atoms with van der Waals surface area (Å²) in [5, 5.41) is 2.86. The van der Waals surface area contributed by atoms with Crippen LogP contribution in [0.15, 0.2) is 53.2 Å². The first-order chi connectivity index (χ1) is 10.2. The molecule has 0 aliphatic rings. The highest BCUT2D eigenvalue weighted by Gasteiger charge is 2.12. The average molecular weight is 281 g/mol. The van der Waals surface area contributed by atoms with Crippen LogP contribution in [0.2, 0.25) is 0 Å². The van der Waals surface area contributed by atoms with Crippen molar-refractivity contribution < 1.29 is 9.21 Å². The van der Waals surface area contributed by atoms with Gasteiger partial charge in [0.05, 0.1) is 23.3 Å². The fourth-order valence-corrected chi connectivity index (χ4v) is 2.05. The summed E-state index contributed by atoms with van der Waals surface area (Å²) in [6.07, 6.45) is 4.63. The van der Waals surface area contributed by atoms with Gasteiger partial charge in [-0.3, -0.25) is 4.79 Å². The predicted molar refractivity (Wildman–Crippen MR) is 80.4 cm³/mol. The van der Waals surface area contributed by atoms with Crippen LogP contribution in [0, 0.1) is 0 Å². The molecule has 2 aromatic heterocycles. The van der Waals surface area contributed by atoms with Gasteiger partial charge in [0.25, 0.3) is 0 Å². The van der Waals surface area contributed by atoms with Crippen molar-refractivity contribution in [3.63, 3.8) is 0 Å². The zero-order chi connectivity index (χ0) is 14.7. The number of benzene rings is 1. The molecular weight excluding hydrogens is 266 g/mol. The molecule has 1 aromatic carbocycles. The quantitative estimate of drug-likeness (QED) is 0.722. The third kappa shape index (κ3) is 3.02. The second kappa shape index (κ2) is 5.66. The topological polar surface area (TPSA) is 70.9 Å². The maximum atomic E-state index is 11.9. The fourth-order valence-electron chi connectivity index (χ4n) is 2.05. The zero-order valence-electron chi connectivity index (χ0n) is 11.5. The van der Waals surface area contributed by atoms with Crippen molar-refractivity contribution in [2.75, 3.05) is 0 Å². The van der Waals surface area contributed by atoms with Crippen molar-refractivity contribution in [1.29, 1.82) is 0 Å². The molecule has 2 heterocycles. The van der Waals surface area contributed by atoms with Crippen LogP contribution >= 0.6 is 0 Å². The third-order valence-electron chi connectivity index (χ3n) is 3.12. The summed E-state index contributed by atoms with van der Waals surface area (Å²) in [4.78, 5) is 19.5. The lowest BCUT2D eigenvalue weighted by molar-refractivity contribution is -0.117. The van der Waals surface area contributed by atoms with Crippen molar-refractivity contribution in [2.24, 2.45) is 0 Å². The van der Waals surface area contributed by atoms with Gasteiger partial charge in [-0.05, 0) is 37.3 Å². The fraction of sp³-hybridized carbons (Fsp3) is 0.125. The highest BCUT2D eigenvalue weighted by Crippen LogP contribution is 2.15. The molecule has 106 valence electrons. The summed E-state index contributed by atoms with van der Waals surface area (Å²) in [6.45, 7) is 1.89. The number of H-pyrrole nitrogens is 1. The lowest BCUT2D eigenvalue weighted by atomic mass is 10.3. The van der Waals surface area contributed by atoms with Gasteiger partial charge >= 0.3 is 0 Å². The third-order valence-corrected chi connectivity index (χ3v) is 3.12. The average Bonchev–Trinajstić information content (AvgIpc) is 3.14. The number of rotatable bonds is 4. The van der Waals surface area contributed by atoms with Gasteiger partial charge in [0, 0.05) is 6.08 Å². The number of carbonyl (C=O) groups is 1. The van der Waals surface area contributed by atoms with E-state index in [9.17, 15) is 4.79 Å². The van der Waals surface area contributed by atoms with Crippen molar-refractivity contribution in [2.45, 2.75) is 13.0 Å². The normalized spacial score (nSPS) is 12.8. The molecule has 5 nitrogen and oxygen atoms in total. The number of para-hydroxylation sites is 2. The van der Waals surface area contributed by atoms with E-state index in [2.05, 4.69) is 15.3 Å². The molecule has 5 heteroatoms. The van der Waals surface area contributed by atoms with Crippen LogP contribution in [0.1, 0.15) is 24.6 Å². The first kappa shape index (κ1) is 13.2. The maximum Gasteiger partial charge on any atom is 0.244 e. The Hall–Kier alpha value is -2.82. The van der Waals surface area contributed by atoms with Crippen LogP contribution in [0.4, 0.5) is 0 Å². The SMILES string of the molecule is C[C@H](NC(=O)/C=C/c1ccco1)c1nc2ccccc2[nH]1. The van der Waals surface area contributed by atoms with Crippen LogP contribution in [0.3, 0.4) is 0 Å². The number of imidazole rings is 1. The monoisotopic (exact) mass is 281 g/mol. The smallest absolute Gasteiger partial charge is 0.244 e. The minimum Gasteiger partial charge on any atom is -0.465 e. The van der Waals surface area contributed by atoms with E-state index in [1.807, 2.05) is 31.2 Å². The molecule has 0 bridgehead atoms. The van der Waals surface area contributed by atoms with Gasteiger partial charge in [-0.1, -0.05) is 12.1 Å². The van der Waals surface area contributed by atoms with Gasteiger partial charge in [0.1, 0.15) is 11.6 Å². The maximum absolute atomic E-state index is 11.9. The number of furan rings is 1. The molecule has 0 aliphatic heterocycles. The van der Waals surface area contributed by atoms with Gasteiger partial charge < -0.3 is 14.7 Å². The molecular formula is C16H15N3O2. The van der Waals surface area contributed by atoms with Crippen molar-refractivity contribution in [3.8, 4) is 0 Å². The summed E-state index contributed by atoms with van der Waals surface area (Å²) in [7, 11) is 0. The molecule has 0 radical (unpaired) electrons. The number of hydrogen-bond donors (Lipinski definition) is 2. The molecule has 0 saturated heterocycles. The molecule has 3 rings (SSSR count). The zero-order valence-corrected chi connectivity index (χ0v) is 11.5. The lowest BCUT2D eigenvalue weighted by Gasteiger charge is -2.08. The van der Waals surface area contributed by atoms with Gasteiger partial charge in [0.2, 0.25) is 5.91 Å². The number of nitrogens with zero attached hydrogens (tertiary/aromatic N) is 1. The minimum absolute atomic E-state index is 0.195. The number of aromatic nitrogens is 2. The van der Waals surface area contributed by atoms with Crippen LogP contribution in [0.25, 0.3) is 17.1 Å². The number of carbonyl (C=O) groups excluding carboxylic acids is 1. The molecule has 0 saturated carbocycles. The lowest BCUT2D eigenvalue weighted by Crippen LogP contribution is -2.25. The van der Waals surface area contributed by atoms with Crippen molar-refractivity contribution in [1.82, 2.24) is 15.3 Å². The number of nitrogens with one attached hydrogen (secondary N) is 2. The Labute approximate surface area is 121 Å². The van der Waals surface area contributed by atoms with Gasteiger partial charge in [-0.15, -0.1) is 0 Å². The van der Waals surface area contributed by atoms with E-state index < -0.39 is 0 Å². The first-order valence-electron chi connectivity index (χ1n) is 6.69. The molecule has 2 N–H and O–H groups in total. The summed E-state index contributed by atoms with van der Waals surface area (Å²) < 4.78 is 5.13. The van der Waals surface area contributed by atoms with E-state index >= 15 is 0 Å². The summed E-state index contributed by atoms with van der Waals surface area (Å²) in [6, 6.07) is 11.1. The molecule has 0 fully saturated rings. The van der Waals surface area contributed by atoms with E-state index in [4.69, 9.17) is 4.42 Å². The minimum atomic E-state index is -0.203. The summed E-state index contributed by atoms with van der Waals surface area (Å²) in [5.74, 6) is 1.18. The highest BCUT2D eigenvalue weighted by atomic mass is 16.3. The van der Waals surface area contributed by atoms with E-state index in [0.29, 0.717) is 5.76 Å². The summed E-state index contributed by atoms with van der Waals surface area (Å²) >= 11 is 0. The van der Waals surface area contributed by atoms with Crippen molar-refractivity contribution in [3.05, 3.63) is 60.3 Å². The summed E-state index contributed by atoms with van der Waals surface area (Å²) in [5.41, 5.74) is 1.85. The second-order valence-electron chi connectivity index (χ2n) is 4.72. The van der Waals surface area contributed by atoms with Crippen LogP contribution in [0.5, 0.6) is 0 Å². The number of hydrogen-bond acceptors (Lipinski definition) is 3. The van der Waals surface area contributed by atoms with Gasteiger partial charge in [-0.25, -0.2) is 4.98 Å². The van der Waals surface area contributed by atoms with E-state index in [0.717, 1.165) is 16.9 Å². The van der Waals surface area contributed by atoms with E-state index in [1.54, 1.807) is 24.5 Å². The molecule has 21 heavy (non-hydrogen) atoms. The second-order valence-corrected chi connectivity index (χ2v) is 4.72. The Morgan fingerprint density at radius 2 is 2.19 bits per heavy atom. The van der Waals surface area contributed by atoms with Crippen LogP contribution < -0.4 is 5.32 Å². The van der Waals surface area contributed by atoms with E-state index in [1.165, 1.54) is 6.08 Å². The number of amides is 1. The van der Waals surface area contributed by atoms with E-state index in [-0.39, 0.29) is 11.9 Å². The van der Waals surface area contributed by atoms with Crippen LogP contribution in [-0.2, 0) is 4.79 Å². The molecule has 0 spiro atoms. The number of aromatic amines is 1. The Bertz CT molecular complexity index is 739. The molecule has 0 unspecified atom stereocenters. The Morgan fingerprint density at radius 1 is 1.33 bits per heavy atom. The standard InChI is InChI=1S/C16H15N3O2/c1-11(16-18-13-6-2-3-7-14(13)19-16)17-15(20)9-8-12-5-4-10-21-12/h2-11H,1H3,(H,17,20)(H,18,19)/b9-8+/t11-/m0/s1. The first-order valence-corrected chi connectivity index (χ1v) is 6.69.